The average Bonchev–Trinajstić information content (AvgIpc) is 2.72. The molecule has 0 saturated carbocycles. The molecule has 0 bridgehead atoms. The van der Waals surface area contributed by atoms with Crippen LogP contribution in [-0.4, -0.2) is 42.6 Å². The summed E-state index contributed by atoms with van der Waals surface area (Å²) in [5.41, 5.74) is 1.36. The lowest BCUT2D eigenvalue weighted by atomic mass is 10.2. The summed E-state index contributed by atoms with van der Waals surface area (Å²) in [6, 6.07) is 14.2. The lowest BCUT2D eigenvalue weighted by molar-refractivity contribution is -0.114. The SMILES string of the molecule is CC(=O)Nc1ccc(S(=O)(=O)[C@@H](C#N)c2nc3ccccc3nc2NCCO)cc1. The van der Waals surface area contributed by atoms with E-state index in [1.807, 2.05) is 6.07 Å². The number of benzene rings is 2. The first-order valence-corrected chi connectivity index (χ1v) is 10.5. The number of nitriles is 1. The number of amides is 1. The van der Waals surface area contributed by atoms with E-state index in [1.165, 1.54) is 31.2 Å². The van der Waals surface area contributed by atoms with E-state index in [2.05, 4.69) is 20.6 Å². The number of carbonyl (C=O) groups is 1. The molecule has 0 spiro atoms. The van der Waals surface area contributed by atoms with Gasteiger partial charge in [-0.15, -0.1) is 0 Å². The van der Waals surface area contributed by atoms with Gasteiger partial charge >= 0.3 is 0 Å². The molecule has 10 heteroatoms. The summed E-state index contributed by atoms with van der Waals surface area (Å²) in [5.74, 6) is -0.167. The van der Waals surface area contributed by atoms with Gasteiger partial charge in [-0.05, 0) is 36.4 Å². The van der Waals surface area contributed by atoms with E-state index in [1.54, 1.807) is 24.3 Å². The van der Waals surface area contributed by atoms with Crippen molar-refractivity contribution in [2.45, 2.75) is 17.1 Å². The first-order valence-electron chi connectivity index (χ1n) is 8.99. The van der Waals surface area contributed by atoms with Gasteiger partial charge in [-0.3, -0.25) is 4.79 Å². The van der Waals surface area contributed by atoms with Crippen LogP contribution < -0.4 is 10.6 Å². The molecule has 1 atom stereocenters. The van der Waals surface area contributed by atoms with Crippen molar-refractivity contribution in [2.24, 2.45) is 0 Å². The maximum Gasteiger partial charge on any atom is 0.221 e. The molecule has 0 fully saturated rings. The van der Waals surface area contributed by atoms with Crippen LogP contribution in [0.25, 0.3) is 11.0 Å². The van der Waals surface area contributed by atoms with Gasteiger partial charge in [-0.2, -0.15) is 5.26 Å². The molecular formula is C20H19N5O4S. The van der Waals surface area contributed by atoms with Crippen LogP contribution in [0, 0.1) is 11.3 Å². The van der Waals surface area contributed by atoms with Crippen molar-refractivity contribution in [3.05, 3.63) is 54.2 Å². The Labute approximate surface area is 173 Å². The van der Waals surface area contributed by atoms with E-state index in [-0.39, 0.29) is 35.5 Å². The molecule has 0 aliphatic carbocycles. The standard InChI is InChI=1S/C20H19N5O4S/c1-13(27)23-14-6-8-15(9-7-14)30(28,29)18(12-21)19-20(22-10-11-26)25-17-5-3-2-4-16(17)24-19/h2-9,18,26H,10-11H2,1H3,(H,22,25)(H,23,27)/t18-/m0/s1. The number of rotatable bonds is 7. The average molecular weight is 425 g/mol. The number of carbonyl (C=O) groups excluding carboxylic acids is 1. The molecule has 3 rings (SSSR count). The van der Waals surface area contributed by atoms with Crippen LogP contribution in [-0.2, 0) is 14.6 Å². The molecule has 0 unspecified atom stereocenters. The van der Waals surface area contributed by atoms with E-state index in [0.29, 0.717) is 16.7 Å². The van der Waals surface area contributed by atoms with Crippen LogP contribution in [0.5, 0.6) is 0 Å². The number of hydrogen-bond donors (Lipinski definition) is 3. The summed E-state index contributed by atoms with van der Waals surface area (Å²) in [6.45, 7) is 1.25. The summed E-state index contributed by atoms with van der Waals surface area (Å²) in [5, 5.41) is 22.6. The zero-order valence-corrected chi connectivity index (χ0v) is 16.8. The third-order valence-corrected chi connectivity index (χ3v) is 6.06. The van der Waals surface area contributed by atoms with Crippen LogP contribution in [0.3, 0.4) is 0 Å². The third-order valence-electron chi connectivity index (χ3n) is 4.18. The summed E-state index contributed by atoms with van der Waals surface area (Å²) in [7, 11) is -4.14. The van der Waals surface area contributed by atoms with Gasteiger partial charge in [-0.1, -0.05) is 12.1 Å². The molecule has 0 radical (unpaired) electrons. The zero-order chi connectivity index (χ0) is 21.7. The van der Waals surface area contributed by atoms with Crippen molar-refractivity contribution in [2.75, 3.05) is 23.8 Å². The summed E-state index contributed by atoms with van der Waals surface area (Å²) in [4.78, 5) is 19.8. The number of hydrogen-bond acceptors (Lipinski definition) is 8. The largest absolute Gasteiger partial charge is 0.395 e. The van der Waals surface area contributed by atoms with Gasteiger partial charge in [0.25, 0.3) is 0 Å². The monoisotopic (exact) mass is 425 g/mol. The minimum atomic E-state index is -4.14. The molecule has 1 aromatic heterocycles. The minimum absolute atomic E-state index is 0.0458. The Kier molecular flexibility index (Phi) is 6.25. The smallest absolute Gasteiger partial charge is 0.221 e. The topological polar surface area (TPSA) is 145 Å². The molecule has 2 aromatic carbocycles. The number of nitrogens with one attached hydrogen (secondary N) is 2. The molecule has 0 aliphatic rings. The number of fused-ring (bicyclic) bond motifs is 1. The normalized spacial score (nSPS) is 12.2. The Bertz CT molecular complexity index is 1220. The molecule has 3 N–H and O–H groups in total. The van der Waals surface area contributed by atoms with Crippen molar-refractivity contribution in [3.63, 3.8) is 0 Å². The van der Waals surface area contributed by atoms with Gasteiger partial charge in [0.2, 0.25) is 15.7 Å². The van der Waals surface area contributed by atoms with Crippen molar-refractivity contribution in [3.8, 4) is 6.07 Å². The number of aliphatic hydroxyl groups is 1. The quantitative estimate of drug-likeness (QED) is 0.521. The Morgan fingerprint density at radius 1 is 1.13 bits per heavy atom. The fourth-order valence-electron chi connectivity index (χ4n) is 2.85. The Hall–Kier alpha value is -3.55. The first-order chi connectivity index (χ1) is 14.4. The molecular weight excluding hydrogens is 406 g/mol. The number of nitrogens with zero attached hydrogens (tertiary/aromatic N) is 3. The summed E-state index contributed by atoms with van der Waals surface area (Å²) < 4.78 is 26.4. The highest BCUT2D eigenvalue weighted by molar-refractivity contribution is 7.92. The van der Waals surface area contributed by atoms with E-state index in [4.69, 9.17) is 5.11 Å². The highest BCUT2D eigenvalue weighted by atomic mass is 32.2. The van der Waals surface area contributed by atoms with Crippen LogP contribution in [0.1, 0.15) is 17.9 Å². The van der Waals surface area contributed by atoms with Crippen molar-refractivity contribution in [1.29, 1.82) is 5.26 Å². The highest BCUT2D eigenvalue weighted by Crippen LogP contribution is 2.32. The molecule has 0 aliphatic heterocycles. The Morgan fingerprint density at radius 3 is 2.33 bits per heavy atom. The number of para-hydroxylation sites is 2. The van der Waals surface area contributed by atoms with Gasteiger partial charge < -0.3 is 15.7 Å². The Balaban J connectivity index is 2.08. The van der Waals surface area contributed by atoms with Crippen LogP contribution in [0.4, 0.5) is 11.5 Å². The summed E-state index contributed by atoms with van der Waals surface area (Å²) in [6.07, 6.45) is 0. The first kappa shape index (κ1) is 21.2. The molecule has 154 valence electrons. The summed E-state index contributed by atoms with van der Waals surface area (Å²) >= 11 is 0. The fourth-order valence-corrected chi connectivity index (χ4v) is 4.23. The van der Waals surface area contributed by atoms with Gasteiger partial charge in [0.15, 0.2) is 11.1 Å². The molecule has 0 saturated heterocycles. The van der Waals surface area contributed by atoms with Crippen molar-refractivity contribution >= 4 is 38.3 Å². The van der Waals surface area contributed by atoms with Crippen LogP contribution >= 0.6 is 0 Å². The molecule has 9 nitrogen and oxygen atoms in total. The number of sulfone groups is 1. The van der Waals surface area contributed by atoms with Gasteiger partial charge in [0.05, 0.1) is 28.6 Å². The molecule has 3 aromatic rings. The minimum Gasteiger partial charge on any atom is -0.395 e. The third kappa shape index (κ3) is 4.37. The number of anilines is 2. The molecule has 1 amide bonds. The second-order valence-corrected chi connectivity index (χ2v) is 8.39. The molecule has 30 heavy (non-hydrogen) atoms. The lowest BCUT2D eigenvalue weighted by Crippen LogP contribution is -2.18. The van der Waals surface area contributed by atoms with E-state index in [0.717, 1.165) is 0 Å². The highest BCUT2D eigenvalue weighted by Gasteiger charge is 2.33. The van der Waals surface area contributed by atoms with Gasteiger partial charge in [0, 0.05) is 19.2 Å². The predicted octanol–water partition coefficient (Wildman–Crippen LogP) is 2.03. The maximum absolute atomic E-state index is 13.2. The van der Waals surface area contributed by atoms with Crippen LogP contribution in [0.2, 0.25) is 0 Å². The van der Waals surface area contributed by atoms with Gasteiger partial charge in [0.1, 0.15) is 5.69 Å². The van der Waals surface area contributed by atoms with Crippen molar-refractivity contribution < 1.29 is 18.3 Å². The van der Waals surface area contributed by atoms with E-state index < -0.39 is 15.1 Å². The number of aromatic nitrogens is 2. The fraction of sp³-hybridized carbons (Fsp3) is 0.200. The predicted molar refractivity (Wildman–Crippen MR) is 111 cm³/mol. The lowest BCUT2D eigenvalue weighted by Gasteiger charge is -2.16. The van der Waals surface area contributed by atoms with Gasteiger partial charge in [-0.25, -0.2) is 18.4 Å². The van der Waals surface area contributed by atoms with Crippen LogP contribution in [0.15, 0.2) is 53.4 Å². The molecule has 1 heterocycles. The van der Waals surface area contributed by atoms with E-state index in [9.17, 15) is 18.5 Å². The van der Waals surface area contributed by atoms with Crippen molar-refractivity contribution in [1.82, 2.24) is 9.97 Å². The Morgan fingerprint density at radius 2 is 1.77 bits per heavy atom. The second kappa shape index (κ2) is 8.86. The maximum atomic E-state index is 13.2. The zero-order valence-electron chi connectivity index (χ0n) is 16.0. The number of aliphatic hydroxyl groups excluding tert-OH is 1. The second-order valence-electron chi connectivity index (χ2n) is 6.36. The van der Waals surface area contributed by atoms with E-state index >= 15 is 0 Å².